The molecule has 0 aliphatic heterocycles. The molecule has 0 aliphatic carbocycles. The van der Waals surface area contributed by atoms with Crippen molar-refractivity contribution in [3.8, 4) is 0 Å². The third-order valence-electron chi connectivity index (χ3n) is 3.30. The Morgan fingerprint density at radius 2 is 1.85 bits per heavy atom. The van der Waals surface area contributed by atoms with E-state index in [2.05, 4.69) is 5.32 Å². The molecule has 1 N–H and O–H groups in total. The van der Waals surface area contributed by atoms with Crippen molar-refractivity contribution < 1.29 is 8.78 Å². The van der Waals surface area contributed by atoms with Crippen molar-refractivity contribution in [3.05, 3.63) is 70.8 Å². The first-order valence-corrected chi connectivity index (χ1v) is 6.84. The van der Waals surface area contributed by atoms with Gasteiger partial charge in [0, 0.05) is 6.04 Å². The van der Waals surface area contributed by atoms with Crippen molar-refractivity contribution in [1.82, 2.24) is 5.32 Å². The monoisotopic (exact) mass is 275 g/mol. The summed E-state index contributed by atoms with van der Waals surface area (Å²) < 4.78 is 27.3. The smallest absolute Gasteiger partial charge is 0.126 e. The van der Waals surface area contributed by atoms with Gasteiger partial charge in [-0.1, -0.05) is 31.2 Å². The highest BCUT2D eigenvalue weighted by atomic mass is 19.1. The summed E-state index contributed by atoms with van der Waals surface area (Å²) >= 11 is 0. The third-order valence-corrected chi connectivity index (χ3v) is 3.30. The first-order valence-electron chi connectivity index (χ1n) is 6.84. The van der Waals surface area contributed by atoms with Crippen LogP contribution in [0.25, 0.3) is 0 Å². The SMILES string of the molecule is CCNC(Cc1ccccc1F)c1cc(C)cc(F)c1. The summed E-state index contributed by atoms with van der Waals surface area (Å²) in [4.78, 5) is 0. The molecule has 2 rings (SSSR count). The highest BCUT2D eigenvalue weighted by molar-refractivity contribution is 5.29. The van der Waals surface area contributed by atoms with Gasteiger partial charge in [-0.15, -0.1) is 0 Å². The lowest BCUT2D eigenvalue weighted by molar-refractivity contribution is 0.523. The maximum absolute atomic E-state index is 13.8. The maximum Gasteiger partial charge on any atom is 0.126 e. The Hall–Kier alpha value is -1.74. The molecule has 0 saturated carbocycles. The van der Waals surface area contributed by atoms with Gasteiger partial charge in [0.05, 0.1) is 0 Å². The number of hydrogen-bond acceptors (Lipinski definition) is 1. The van der Waals surface area contributed by atoms with E-state index in [1.54, 1.807) is 12.1 Å². The fourth-order valence-corrected chi connectivity index (χ4v) is 2.40. The molecule has 0 amide bonds. The van der Waals surface area contributed by atoms with Crippen LogP contribution < -0.4 is 5.32 Å². The Labute approximate surface area is 118 Å². The lowest BCUT2D eigenvalue weighted by atomic mass is 9.97. The van der Waals surface area contributed by atoms with E-state index < -0.39 is 0 Å². The fraction of sp³-hybridized carbons (Fsp3) is 0.294. The summed E-state index contributed by atoms with van der Waals surface area (Å²) in [5.41, 5.74) is 2.37. The normalized spacial score (nSPS) is 12.4. The van der Waals surface area contributed by atoms with E-state index in [1.807, 2.05) is 26.0 Å². The Bertz CT molecular complexity index is 561. The van der Waals surface area contributed by atoms with Crippen LogP contribution >= 0.6 is 0 Å². The molecule has 0 aliphatic rings. The summed E-state index contributed by atoms with van der Waals surface area (Å²) in [5, 5.41) is 3.30. The predicted molar refractivity (Wildman–Crippen MR) is 77.7 cm³/mol. The van der Waals surface area contributed by atoms with E-state index in [4.69, 9.17) is 0 Å². The van der Waals surface area contributed by atoms with Gasteiger partial charge < -0.3 is 5.32 Å². The van der Waals surface area contributed by atoms with Gasteiger partial charge in [0.1, 0.15) is 11.6 Å². The van der Waals surface area contributed by atoms with Gasteiger partial charge >= 0.3 is 0 Å². The zero-order valence-electron chi connectivity index (χ0n) is 11.8. The molecule has 2 aromatic carbocycles. The Morgan fingerprint density at radius 3 is 2.50 bits per heavy atom. The predicted octanol–water partition coefficient (Wildman–Crippen LogP) is 4.17. The van der Waals surface area contributed by atoms with Crippen LogP contribution in [0.15, 0.2) is 42.5 Å². The quantitative estimate of drug-likeness (QED) is 0.863. The lowest BCUT2D eigenvalue weighted by Gasteiger charge is -2.19. The number of rotatable bonds is 5. The highest BCUT2D eigenvalue weighted by Gasteiger charge is 2.14. The van der Waals surface area contributed by atoms with Gasteiger partial charge in [-0.3, -0.25) is 0 Å². The summed E-state index contributed by atoms with van der Waals surface area (Å²) in [5.74, 6) is -0.472. The summed E-state index contributed by atoms with van der Waals surface area (Å²) in [6.07, 6.45) is 0.503. The second kappa shape index (κ2) is 6.62. The van der Waals surface area contributed by atoms with Crippen molar-refractivity contribution in [2.24, 2.45) is 0 Å². The number of aryl methyl sites for hydroxylation is 1. The molecule has 3 heteroatoms. The van der Waals surface area contributed by atoms with Crippen molar-refractivity contribution >= 4 is 0 Å². The molecule has 0 radical (unpaired) electrons. The van der Waals surface area contributed by atoms with E-state index >= 15 is 0 Å². The Balaban J connectivity index is 2.29. The van der Waals surface area contributed by atoms with Crippen molar-refractivity contribution in [3.63, 3.8) is 0 Å². The molecule has 1 atom stereocenters. The molecular formula is C17H19F2N. The Morgan fingerprint density at radius 1 is 1.10 bits per heavy atom. The van der Waals surface area contributed by atoms with Gasteiger partial charge in [0.2, 0.25) is 0 Å². The molecule has 0 heterocycles. The first kappa shape index (κ1) is 14.7. The van der Waals surface area contributed by atoms with E-state index in [1.165, 1.54) is 18.2 Å². The van der Waals surface area contributed by atoms with Crippen molar-refractivity contribution in [2.45, 2.75) is 26.3 Å². The first-order chi connectivity index (χ1) is 9.60. The Kier molecular flexibility index (Phi) is 4.85. The minimum absolute atomic E-state index is 0.0914. The molecule has 1 nitrogen and oxygen atoms in total. The average molecular weight is 275 g/mol. The highest BCUT2D eigenvalue weighted by Crippen LogP contribution is 2.22. The zero-order valence-corrected chi connectivity index (χ0v) is 11.8. The van der Waals surface area contributed by atoms with Crippen LogP contribution in [-0.2, 0) is 6.42 Å². The molecule has 0 fully saturated rings. The molecule has 20 heavy (non-hydrogen) atoms. The second-order valence-corrected chi connectivity index (χ2v) is 4.97. The molecule has 2 aromatic rings. The van der Waals surface area contributed by atoms with Crippen LogP contribution in [0.2, 0.25) is 0 Å². The number of benzene rings is 2. The minimum Gasteiger partial charge on any atom is -0.310 e. The number of likely N-dealkylation sites (N-methyl/N-ethyl adjacent to an activating group) is 1. The average Bonchev–Trinajstić information content (AvgIpc) is 2.39. The topological polar surface area (TPSA) is 12.0 Å². The number of nitrogens with one attached hydrogen (secondary N) is 1. The van der Waals surface area contributed by atoms with E-state index in [-0.39, 0.29) is 17.7 Å². The van der Waals surface area contributed by atoms with Crippen molar-refractivity contribution in [2.75, 3.05) is 6.54 Å². The van der Waals surface area contributed by atoms with Gasteiger partial charge in [0.15, 0.2) is 0 Å². The lowest BCUT2D eigenvalue weighted by Crippen LogP contribution is -2.23. The molecule has 0 bridgehead atoms. The van der Waals surface area contributed by atoms with E-state index in [9.17, 15) is 8.78 Å². The standard InChI is InChI=1S/C17H19F2N/c1-3-20-17(11-13-6-4-5-7-16(13)19)14-8-12(2)9-15(18)10-14/h4-10,17,20H,3,11H2,1-2H3. The largest absolute Gasteiger partial charge is 0.310 e. The molecular weight excluding hydrogens is 256 g/mol. The van der Waals surface area contributed by atoms with Gasteiger partial charge in [-0.2, -0.15) is 0 Å². The molecule has 1 unspecified atom stereocenters. The molecule has 0 saturated heterocycles. The summed E-state index contributed by atoms with van der Waals surface area (Å²) in [7, 11) is 0. The summed E-state index contributed by atoms with van der Waals surface area (Å²) in [6.45, 7) is 4.59. The number of hydrogen-bond donors (Lipinski definition) is 1. The zero-order chi connectivity index (χ0) is 14.5. The molecule has 106 valence electrons. The van der Waals surface area contributed by atoms with Gasteiger partial charge in [-0.05, 0) is 54.8 Å². The van der Waals surface area contributed by atoms with Crippen LogP contribution in [-0.4, -0.2) is 6.54 Å². The van der Waals surface area contributed by atoms with E-state index in [0.717, 1.165) is 17.7 Å². The molecule has 0 spiro atoms. The molecule has 0 aromatic heterocycles. The van der Waals surface area contributed by atoms with Gasteiger partial charge in [0.25, 0.3) is 0 Å². The third kappa shape index (κ3) is 3.64. The van der Waals surface area contributed by atoms with Crippen LogP contribution in [0.1, 0.15) is 29.7 Å². The van der Waals surface area contributed by atoms with E-state index in [0.29, 0.717) is 12.0 Å². The van der Waals surface area contributed by atoms with Crippen LogP contribution in [0.3, 0.4) is 0 Å². The second-order valence-electron chi connectivity index (χ2n) is 4.97. The minimum atomic E-state index is -0.253. The van der Waals surface area contributed by atoms with Crippen LogP contribution in [0, 0.1) is 18.6 Å². The fourth-order valence-electron chi connectivity index (χ4n) is 2.40. The number of halogens is 2. The van der Waals surface area contributed by atoms with Crippen LogP contribution in [0.4, 0.5) is 8.78 Å². The maximum atomic E-state index is 13.8. The van der Waals surface area contributed by atoms with Gasteiger partial charge in [-0.25, -0.2) is 8.78 Å². The van der Waals surface area contributed by atoms with Crippen molar-refractivity contribution in [1.29, 1.82) is 0 Å². The summed E-state index contributed by atoms with van der Waals surface area (Å²) in [6, 6.07) is 11.6. The van der Waals surface area contributed by atoms with Crippen LogP contribution in [0.5, 0.6) is 0 Å².